The van der Waals surface area contributed by atoms with E-state index in [1.54, 1.807) is 12.1 Å². The highest BCUT2D eigenvalue weighted by molar-refractivity contribution is 6.08. The minimum absolute atomic E-state index is 0.107. The smallest absolute Gasteiger partial charge is 0.270 e. The van der Waals surface area contributed by atoms with Crippen molar-refractivity contribution in [3.8, 4) is 17.1 Å². The Morgan fingerprint density at radius 3 is 1.95 bits per heavy atom. The Morgan fingerprint density at radius 2 is 1.44 bits per heavy atom. The van der Waals surface area contributed by atoms with Gasteiger partial charge in [0.15, 0.2) is 0 Å². The Morgan fingerprint density at radius 1 is 0.872 bits per heavy atom. The first kappa shape index (κ1) is 23.1. The summed E-state index contributed by atoms with van der Waals surface area (Å²) in [6, 6.07) is 23.5. The third-order valence-corrected chi connectivity index (χ3v) is 8.01. The lowest BCUT2D eigenvalue weighted by Gasteiger charge is -2.45. The van der Waals surface area contributed by atoms with Gasteiger partial charge in [-0.3, -0.25) is 19.7 Å². The number of amides is 2. The maximum Gasteiger partial charge on any atom is 0.270 e. The van der Waals surface area contributed by atoms with E-state index in [4.69, 9.17) is 9.15 Å². The number of rotatable bonds is 5. The molecule has 3 aromatic carbocycles. The number of benzene rings is 3. The number of hydrogen-bond donors (Lipinski definition) is 0. The highest BCUT2D eigenvalue weighted by Crippen LogP contribution is 2.61. The summed E-state index contributed by atoms with van der Waals surface area (Å²) in [4.78, 5) is 38.1. The van der Waals surface area contributed by atoms with Crippen LogP contribution in [0.2, 0.25) is 0 Å². The van der Waals surface area contributed by atoms with Crippen LogP contribution in [0.15, 0.2) is 88.4 Å². The molecule has 9 heteroatoms. The van der Waals surface area contributed by atoms with Crippen molar-refractivity contribution in [3.63, 3.8) is 0 Å². The van der Waals surface area contributed by atoms with E-state index in [0.29, 0.717) is 17.1 Å². The average Bonchev–Trinajstić information content (AvgIpc) is 3.54. The molecule has 8 rings (SSSR count). The van der Waals surface area contributed by atoms with E-state index in [9.17, 15) is 19.7 Å². The molecule has 0 spiro atoms. The molecule has 0 radical (unpaired) electrons. The monoisotopic (exact) mass is 519 g/mol. The van der Waals surface area contributed by atoms with Crippen molar-refractivity contribution in [2.24, 2.45) is 16.9 Å². The topological polar surface area (TPSA) is 115 Å². The zero-order valence-corrected chi connectivity index (χ0v) is 20.7. The maximum absolute atomic E-state index is 13.7. The Kier molecular flexibility index (Phi) is 5.03. The molecule has 4 aliphatic rings. The number of nitro benzene ring substituents is 1. The number of hydrazone groups is 1. The molecule has 192 valence electrons. The van der Waals surface area contributed by atoms with Gasteiger partial charge in [-0.15, -0.1) is 0 Å². The molecule has 2 atom stereocenters. The lowest BCUT2D eigenvalue weighted by atomic mass is 9.55. The molecule has 0 N–H and O–H groups in total. The van der Waals surface area contributed by atoms with Crippen LogP contribution < -0.4 is 4.74 Å². The van der Waals surface area contributed by atoms with Gasteiger partial charge >= 0.3 is 0 Å². The van der Waals surface area contributed by atoms with Crippen molar-refractivity contribution in [1.82, 2.24) is 5.01 Å². The molecule has 1 aromatic heterocycles. The molecule has 2 amide bonds. The van der Waals surface area contributed by atoms with Crippen molar-refractivity contribution < 1.29 is 23.7 Å². The van der Waals surface area contributed by atoms with Gasteiger partial charge in [-0.2, -0.15) is 10.1 Å². The van der Waals surface area contributed by atoms with Crippen LogP contribution in [-0.4, -0.2) is 35.1 Å². The van der Waals surface area contributed by atoms with Gasteiger partial charge in [-0.05, 0) is 40.5 Å². The van der Waals surface area contributed by atoms with E-state index in [-0.39, 0.29) is 35.1 Å². The van der Waals surface area contributed by atoms with Gasteiger partial charge in [-0.1, -0.05) is 48.5 Å². The fourth-order valence-electron chi connectivity index (χ4n) is 6.46. The van der Waals surface area contributed by atoms with Gasteiger partial charge in [0.25, 0.3) is 17.5 Å². The number of non-ortho nitro benzene ring substituents is 1. The van der Waals surface area contributed by atoms with Gasteiger partial charge in [0, 0.05) is 24.0 Å². The quantitative estimate of drug-likeness (QED) is 0.157. The lowest BCUT2D eigenvalue weighted by molar-refractivity contribution is -0.384. The predicted molar refractivity (Wildman–Crippen MR) is 140 cm³/mol. The molecule has 1 fully saturated rings. The summed E-state index contributed by atoms with van der Waals surface area (Å²) in [5.74, 6) is -1.10. The first-order valence-electron chi connectivity index (χ1n) is 12.5. The highest BCUT2D eigenvalue weighted by atomic mass is 16.6. The molecule has 3 aliphatic carbocycles. The van der Waals surface area contributed by atoms with Crippen molar-refractivity contribution in [1.29, 1.82) is 0 Å². The van der Waals surface area contributed by atoms with E-state index in [0.717, 1.165) is 27.3 Å². The number of methoxy groups -OCH3 is 1. The van der Waals surface area contributed by atoms with E-state index >= 15 is 0 Å². The molecule has 0 unspecified atom stereocenters. The zero-order valence-electron chi connectivity index (χ0n) is 20.7. The van der Waals surface area contributed by atoms with Crippen LogP contribution in [0, 0.1) is 22.0 Å². The van der Waals surface area contributed by atoms with Crippen molar-refractivity contribution in [3.05, 3.63) is 117 Å². The molecule has 0 saturated carbocycles. The lowest BCUT2D eigenvalue weighted by Crippen LogP contribution is -2.41. The molecular weight excluding hydrogens is 498 g/mol. The number of hydrogen-bond acceptors (Lipinski definition) is 7. The van der Waals surface area contributed by atoms with Crippen LogP contribution in [0.4, 0.5) is 5.69 Å². The predicted octanol–water partition coefficient (Wildman–Crippen LogP) is 5.09. The fraction of sp³-hybridized carbons (Fsp3) is 0.167. The summed E-state index contributed by atoms with van der Waals surface area (Å²) in [5.41, 5.74) is 4.67. The summed E-state index contributed by atoms with van der Waals surface area (Å²) in [7, 11) is 1.46. The normalized spacial score (nSPS) is 22.6. The second-order valence-electron chi connectivity index (χ2n) is 9.84. The molecule has 4 aromatic rings. The van der Waals surface area contributed by atoms with E-state index < -0.39 is 16.8 Å². The Balaban J connectivity index is 1.22. The number of ether oxygens (including phenoxy) is 1. The summed E-state index contributed by atoms with van der Waals surface area (Å²) in [6.07, 6.45) is 1.32. The van der Waals surface area contributed by atoms with Crippen LogP contribution in [-0.2, 0) is 9.59 Å². The number of imide groups is 1. The molecule has 2 bridgehead atoms. The van der Waals surface area contributed by atoms with Crippen LogP contribution in [0.5, 0.6) is 5.75 Å². The Hall–Kier alpha value is -5.05. The average molecular weight is 520 g/mol. The van der Waals surface area contributed by atoms with Gasteiger partial charge in [-0.25, -0.2) is 0 Å². The van der Waals surface area contributed by atoms with Crippen molar-refractivity contribution in [2.75, 3.05) is 7.11 Å². The molecule has 9 nitrogen and oxygen atoms in total. The van der Waals surface area contributed by atoms with E-state index in [2.05, 4.69) is 29.4 Å². The highest BCUT2D eigenvalue weighted by Gasteiger charge is 2.61. The third kappa shape index (κ3) is 3.29. The SMILES string of the molecule is COc1ccc([N+](=O)[O-])cc1-c1ccc(/C=N\N2C(=O)[C@H]3C4c5ccccc5C(c5ccccc54)[C@@H]3C2=O)o1. The first-order chi connectivity index (χ1) is 19.0. The summed E-state index contributed by atoms with van der Waals surface area (Å²) < 4.78 is 11.2. The number of carbonyl (C=O) groups is 2. The van der Waals surface area contributed by atoms with Gasteiger partial charge in [0.2, 0.25) is 0 Å². The molecule has 39 heavy (non-hydrogen) atoms. The maximum atomic E-state index is 13.7. The Labute approximate surface area is 222 Å². The number of furan rings is 1. The largest absolute Gasteiger partial charge is 0.496 e. The van der Waals surface area contributed by atoms with Gasteiger partial charge < -0.3 is 9.15 Å². The number of nitro groups is 1. The van der Waals surface area contributed by atoms with E-state index in [1.165, 1.54) is 31.5 Å². The summed E-state index contributed by atoms with van der Waals surface area (Å²) >= 11 is 0. The van der Waals surface area contributed by atoms with Crippen molar-refractivity contribution in [2.45, 2.75) is 11.8 Å². The molecule has 1 aliphatic heterocycles. The second-order valence-corrected chi connectivity index (χ2v) is 9.84. The summed E-state index contributed by atoms with van der Waals surface area (Å²) in [5, 5.41) is 16.5. The number of nitrogens with zero attached hydrogens (tertiary/aromatic N) is 3. The summed E-state index contributed by atoms with van der Waals surface area (Å²) in [6.45, 7) is 0. The van der Waals surface area contributed by atoms with Gasteiger partial charge in [0.1, 0.15) is 17.3 Å². The second kappa shape index (κ2) is 8.49. The molecule has 2 heterocycles. The zero-order chi connectivity index (χ0) is 26.8. The minimum Gasteiger partial charge on any atom is -0.496 e. The first-order valence-corrected chi connectivity index (χ1v) is 12.5. The number of carbonyl (C=O) groups excluding carboxylic acids is 2. The standard InChI is InChI=1S/C30H21N3O6/c1-38-23-12-10-16(33(36)37)14-22(23)24-13-11-17(39-24)15-31-32-29(34)27-25-18-6-2-3-7-19(18)26(28(27)30(32)35)21-9-5-4-8-20(21)25/h2-15,25-28H,1H3/b31-15-/t25?,26?,27-,28-/m0/s1. The van der Waals surface area contributed by atoms with E-state index in [1.807, 2.05) is 24.3 Å². The molecule has 1 saturated heterocycles. The molecular formula is C30H21N3O6. The van der Waals surface area contributed by atoms with Crippen LogP contribution in [0.25, 0.3) is 11.3 Å². The van der Waals surface area contributed by atoms with Gasteiger partial charge in [0.05, 0.1) is 35.6 Å². The van der Waals surface area contributed by atoms with Crippen LogP contribution in [0.1, 0.15) is 39.8 Å². The minimum atomic E-state index is -0.522. The van der Waals surface area contributed by atoms with Crippen LogP contribution >= 0.6 is 0 Å². The third-order valence-electron chi connectivity index (χ3n) is 8.01. The van der Waals surface area contributed by atoms with Crippen molar-refractivity contribution >= 4 is 23.7 Å². The Bertz CT molecular complexity index is 1610. The van der Waals surface area contributed by atoms with Crippen LogP contribution in [0.3, 0.4) is 0 Å². The fourth-order valence-corrected chi connectivity index (χ4v) is 6.46.